The summed E-state index contributed by atoms with van der Waals surface area (Å²) in [7, 11) is 0. The summed E-state index contributed by atoms with van der Waals surface area (Å²) in [6.45, 7) is 6.64. The van der Waals surface area contributed by atoms with Crippen LogP contribution in [-0.2, 0) is 14.3 Å². The Kier molecular flexibility index (Phi) is 6.29. The third kappa shape index (κ3) is 4.05. The van der Waals surface area contributed by atoms with Crippen LogP contribution in [0.3, 0.4) is 0 Å². The maximum absolute atomic E-state index is 13.2. The number of hydrogen-bond acceptors (Lipinski definition) is 6. The number of carbonyl (C=O) groups is 2. The van der Waals surface area contributed by atoms with Crippen LogP contribution < -0.4 is 0 Å². The molecule has 1 aromatic rings. The van der Waals surface area contributed by atoms with Crippen LogP contribution >= 0.6 is 0 Å². The molecule has 7 heteroatoms. The fourth-order valence-corrected chi connectivity index (χ4v) is 5.51. The number of morpholine rings is 1. The SMILES string of the molecule is CCOC(=O)[C@@]12CC[C@@H](N3CCOCC3)C[C@H]1CCN(C(=O)c1cccc(O)c1)C2. The number of fused-ring (bicyclic) bond motifs is 1. The minimum absolute atomic E-state index is 0.0712. The molecule has 2 heterocycles. The average Bonchev–Trinajstić information content (AvgIpc) is 2.78. The van der Waals surface area contributed by atoms with E-state index in [4.69, 9.17) is 9.47 Å². The Hall–Kier alpha value is -2.12. The van der Waals surface area contributed by atoms with E-state index in [-0.39, 0.29) is 23.5 Å². The molecule has 7 nitrogen and oxygen atoms in total. The number of aromatic hydroxyl groups is 1. The first-order valence-electron chi connectivity index (χ1n) is 11.1. The first-order valence-corrected chi connectivity index (χ1v) is 11.1. The molecule has 0 unspecified atom stereocenters. The third-order valence-electron chi connectivity index (χ3n) is 7.11. The van der Waals surface area contributed by atoms with Crippen LogP contribution in [0.2, 0.25) is 0 Å². The fraction of sp³-hybridized carbons (Fsp3) is 0.652. The molecule has 1 aromatic carbocycles. The summed E-state index contributed by atoms with van der Waals surface area (Å²) in [6, 6.07) is 6.89. The van der Waals surface area contributed by atoms with Gasteiger partial charge < -0.3 is 19.5 Å². The minimum atomic E-state index is -0.635. The summed E-state index contributed by atoms with van der Waals surface area (Å²) in [5, 5.41) is 9.75. The van der Waals surface area contributed by atoms with E-state index in [1.165, 1.54) is 6.07 Å². The van der Waals surface area contributed by atoms with Gasteiger partial charge in [0, 0.05) is 37.8 Å². The highest BCUT2D eigenvalue weighted by Crippen LogP contribution is 2.48. The molecule has 1 N–H and O–H groups in total. The van der Waals surface area contributed by atoms with E-state index in [2.05, 4.69) is 4.90 Å². The summed E-state index contributed by atoms with van der Waals surface area (Å²) in [5.74, 6) is -0.0135. The molecule has 1 saturated carbocycles. The van der Waals surface area contributed by atoms with Gasteiger partial charge in [0.1, 0.15) is 5.75 Å². The first-order chi connectivity index (χ1) is 14.5. The van der Waals surface area contributed by atoms with Crippen LogP contribution in [0.1, 0.15) is 43.0 Å². The predicted molar refractivity (Wildman–Crippen MR) is 111 cm³/mol. The number of rotatable bonds is 4. The van der Waals surface area contributed by atoms with Crippen molar-refractivity contribution in [3.63, 3.8) is 0 Å². The van der Waals surface area contributed by atoms with Gasteiger partial charge in [-0.1, -0.05) is 6.07 Å². The van der Waals surface area contributed by atoms with Gasteiger partial charge in [-0.3, -0.25) is 14.5 Å². The predicted octanol–water partition coefficient (Wildman–Crippen LogP) is 2.29. The van der Waals surface area contributed by atoms with E-state index in [1.54, 1.807) is 23.1 Å². The highest BCUT2D eigenvalue weighted by atomic mass is 16.5. The second-order valence-corrected chi connectivity index (χ2v) is 8.72. The number of esters is 1. The van der Waals surface area contributed by atoms with E-state index >= 15 is 0 Å². The van der Waals surface area contributed by atoms with Crippen LogP contribution in [0.15, 0.2) is 24.3 Å². The van der Waals surface area contributed by atoms with Gasteiger partial charge in [0.05, 0.1) is 25.2 Å². The van der Waals surface area contributed by atoms with Crippen LogP contribution in [0.25, 0.3) is 0 Å². The normalized spacial score (nSPS) is 29.8. The number of benzene rings is 1. The Balaban J connectivity index is 1.53. The molecular weight excluding hydrogens is 384 g/mol. The number of phenolic OH excluding ortho intramolecular Hbond substituents is 1. The van der Waals surface area contributed by atoms with Crippen molar-refractivity contribution in [3.05, 3.63) is 29.8 Å². The lowest BCUT2D eigenvalue weighted by molar-refractivity contribution is -0.168. The molecule has 0 bridgehead atoms. The van der Waals surface area contributed by atoms with Crippen molar-refractivity contribution in [2.75, 3.05) is 46.0 Å². The number of nitrogens with zero attached hydrogens (tertiary/aromatic N) is 2. The second-order valence-electron chi connectivity index (χ2n) is 8.72. The highest BCUT2D eigenvalue weighted by molar-refractivity contribution is 5.95. The number of hydrogen-bond donors (Lipinski definition) is 1. The molecule has 0 radical (unpaired) electrons. The topological polar surface area (TPSA) is 79.3 Å². The van der Waals surface area contributed by atoms with E-state index in [0.29, 0.717) is 31.3 Å². The number of phenols is 1. The molecule has 2 aliphatic heterocycles. The average molecular weight is 417 g/mol. The lowest BCUT2D eigenvalue weighted by Crippen LogP contribution is -2.59. The van der Waals surface area contributed by atoms with Gasteiger partial charge in [-0.05, 0) is 56.7 Å². The maximum Gasteiger partial charge on any atom is 0.314 e. The Bertz CT molecular complexity index is 779. The lowest BCUT2D eigenvalue weighted by atomic mass is 9.61. The number of carbonyl (C=O) groups excluding carboxylic acids is 2. The van der Waals surface area contributed by atoms with Crippen molar-refractivity contribution in [1.82, 2.24) is 9.80 Å². The smallest absolute Gasteiger partial charge is 0.314 e. The van der Waals surface area contributed by atoms with Gasteiger partial charge >= 0.3 is 5.97 Å². The maximum atomic E-state index is 13.2. The van der Waals surface area contributed by atoms with Crippen molar-refractivity contribution in [2.24, 2.45) is 11.3 Å². The van der Waals surface area contributed by atoms with E-state index in [0.717, 1.165) is 52.0 Å². The third-order valence-corrected chi connectivity index (χ3v) is 7.11. The Morgan fingerprint density at radius 3 is 2.77 bits per heavy atom. The summed E-state index contributed by atoms with van der Waals surface area (Å²) in [4.78, 5) is 30.5. The molecule has 1 amide bonds. The lowest BCUT2D eigenvalue weighted by Gasteiger charge is -2.52. The molecule has 2 saturated heterocycles. The monoisotopic (exact) mass is 416 g/mol. The zero-order chi connectivity index (χ0) is 21.1. The second kappa shape index (κ2) is 8.94. The van der Waals surface area contributed by atoms with Gasteiger partial charge in [0.2, 0.25) is 0 Å². The number of amides is 1. The van der Waals surface area contributed by atoms with Gasteiger partial charge in [0.25, 0.3) is 5.91 Å². The van der Waals surface area contributed by atoms with E-state index < -0.39 is 5.41 Å². The Morgan fingerprint density at radius 2 is 2.03 bits per heavy atom. The molecule has 164 valence electrons. The van der Waals surface area contributed by atoms with Crippen molar-refractivity contribution < 1.29 is 24.2 Å². The minimum Gasteiger partial charge on any atom is -0.508 e. The molecule has 0 spiro atoms. The molecule has 3 aliphatic rings. The summed E-state index contributed by atoms with van der Waals surface area (Å²) >= 11 is 0. The van der Waals surface area contributed by atoms with Crippen LogP contribution in [0, 0.1) is 11.3 Å². The number of likely N-dealkylation sites (tertiary alicyclic amines) is 1. The molecule has 0 aromatic heterocycles. The van der Waals surface area contributed by atoms with Crippen molar-refractivity contribution in [3.8, 4) is 5.75 Å². The molecule has 3 atom stereocenters. The Labute approximate surface area is 177 Å². The Morgan fingerprint density at radius 1 is 1.23 bits per heavy atom. The van der Waals surface area contributed by atoms with Gasteiger partial charge in [0.15, 0.2) is 0 Å². The van der Waals surface area contributed by atoms with Gasteiger partial charge in [-0.2, -0.15) is 0 Å². The largest absolute Gasteiger partial charge is 0.508 e. The molecule has 3 fully saturated rings. The summed E-state index contributed by atoms with van der Waals surface area (Å²) in [5.41, 5.74) is -0.182. The molecule has 1 aliphatic carbocycles. The van der Waals surface area contributed by atoms with Crippen LogP contribution in [-0.4, -0.2) is 78.8 Å². The van der Waals surface area contributed by atoms with Crippen molar-refractivity contribution in [1.29, 1.82) is 0 Å². The van der Waals surface area contributed by atoms with E-state index in [1.807, 2.05) is 6.92 Å². The molecular formula is C23H32N2O5. The molecule has 30 heavy (non-hydrogen) atoms. The fourth-order valence-electron chi connectivity index (χ4n) is 5.51. The van der Waals surface area contributed by atoms with Crippen LogP contribution in [0.5, 0.6) is 5.75 Å². The van der Waals surface area contributed by atoms with Gasteiger partial charge in [-0.15, -0.1) is 0 Å². The van der Waals surface area contributed by atoms with E-state index in [9.17, 15) is 14.7 Å². The van der Waals surface area contributed by atoms with Crippen LogP contribution in [0.4, 0.5) is 0 Å². The standard InChI is InChI=1S/C23H32N2O5/c1-2-30-22(28)23-8-6-19(24-10-12-29-13-11-24)15-18(23)7-9-25(16-23)21(27)17-4-3-5-20(26)14-17/h3-5,14,18-19,26H,2,6-13,15-16H2,1H3/t18-,19-,23-/m1/s1. The zero-order valence-electron chi connectivity index (χ0n) is 17.7. The number of piperidine rings is 1. The quantitative estimate of drug-likeness (QED) is 0.759. The molecule has 4 rings (SSSR count). The summed E-state index contributed by atoms with van der Waals surface area (Å²) in [6.07, 6.45) is 3.43. The van der Waals surface area contributed by atoms with Crippen molar-refractivity contribution in [2.45, 2.75) is 38.6 Å². The zero-order valence-corrected chi connectivity index (χ0v) is 17.7. The van der Waals surface area contributed by atoms with Crippen molar-refractivity contribution >= 4 is 11.9 Å². The number of ether oxygens (including phenoxy) is 2. The highest BCUT2D eigenvalue weighted by Gasteiger charge is 2.54. The first kappa shape index (κ1) is 21.1. The summed E-state index contributed by atoms with van der Waals surface area (Å²) < 4.78 is 11.0. The van der Waals surface area contributed by atoms with Gasteiger partial charge in [-0.25, -0.2) is 0 Å².